The summed E-state index contributed by atoms with van der Waals surface area (Å²) in [5, 5.41) is 21.2. The number of nitriles is 1. The minimum atomic E-state index is -0.388. The number of hydrogen-bond acceptors (Lipinski definition) is 3. The highest BCUT2D eigenvalue weighted by molar-refractivity contribution is 5.78. The Kier molecular flexibility index (Phi) is 6.75. The van der Waals surface area contributed by atoms with Crippen molar-refractivity contribution in [2.45, 2.75) is 39.2 Å². The number of amides is 1. The lowest BCUT2D eigenvalue weighted by Crippen LogP contribution is -2.30. The van der Waals surface area contributed by atoms with Crippen LogP contribution in [-0.2, 0) is 17.6 Å². The number of hydrogen-bond donors (Lipinski definition) is 2. The Morgan fingerprint density at radius 3 is 2.60 bits per heavy atom. The van der Waals surface area contributed by atoms with Gasteiger partial charge in [-0.25, -0.2) is 0 Å². The number of benzene rings is 1. The van der Waals surface area contributed by atoms with Crippen LogP contribution in [0.15, 0.2) is 24.3 Å². The van der Waals surface area contributed by atoms with Crippen LogP contribution in [0.1, 0.15) is 31.4 Å². The lowest BCUT2D eigenvalue weighted by Gasteiger charge is -2.14. The highest BCUT2D eigenvalue weighted by Crippen LogP contribution is 2.10. The highest BCUT2D eigenvalue weighted by atomic mass is 16.3. The first-order chi connectivity index (χ1) is 9.54. The third-order valence-corrected chi connectivity index (χ3v) is 3.27. The summed E-state index contributed by atoms with van der Waals surface area (Å²) in [6.45, 7) is 4.37. The van der Waals surface area contributed by atoms with Crippen molar-refractivity contribution in [3.8, 4) is 6.07 Å². The lowest BCUT2D eigenvalue weighted by atomic mass is 10.0. The Labute approximate surface area is 120 Å². The van der Waals surface area contributed by atoms with Crippen LogP contribution in [0, 0.1) is 17.2 Å². The highest BCUT2D eigenvalue weighted by Gasteiger charge is 2.10. The Bertz CT molecular complexity index is 478. The van der Waals surface area contributed by atoms with Gasteiger partial charge in [0, 0.05) is 6.54 Å². The number of nitrogens with one attached hydrogen (secondary N) is 1. The molecule has 0 aliphatic carbocycles. The predicted octanol–water partition coefficient (Wildman–Crippen LogP) is 1.82. The second-order valence-corrected chi connectivity index (χ2v) is 5.23. The number of nitrogens with zero attached hydrogens (tertiary/aromatic N) is 1. The molecule has 4 nitrogen and oxygen atoms in total. The number of aliphatic hydroxyl groups excluding tert-OH is 1. The largest absolute Gasteiger partial charge is 0.393 e. The summed E-state index contributed by atoms with van der Waals surface area (Å²) in [5.41, 5.74) is 1.78. The number of carbonyl (C=O) groups excluding carboxylic acids is 1. The molecule has 0 saturated carbocycles. The van der Waals surface area contributed by atoms with Gasteiger partial charge in [-0.3, -0.25) is 4.79 Å². The van der Waals surface area contributed by atoms with Gasteiger partial charge in [0.15, 0.2) is 0 Å². The average Bonchev–Trinajstić information content (AvgIpc) is 2.41. The van der Waals surface area contributed by atoms with Gasteiger partial charge in [0.1, 0.15) is 0 Å². The molecule has 0 bridgehead atoms. The topological polar surface area (TPSA) is 73.1 Å². The van der Waals surface area contributed by atoms with Crippen molar-refractivity contribution in [1.29, 1.82) is 5.26 Å². The maximum absolute atomic E-state index is 11.8. The summed E-state index contributed by atoms with van der Waals surface area (Å²) >= 11 is 0. The molecule has 0 fully saturated rings. The van der Waals surface area contributed by atoms with Gasteiger partial charge in [-0.05, 0) is 23.5 Å². The van der Waals surface area contributed by atoms with Gasteiger partial charge >= 0.3 is 0 Å². The van der Waals surface area contributed by atoms with E-state index in [1.165, 1.54) is 0 Å². The van der Waals surface area contributed by atoms with Crippen LogP contribution in [0.2, 0.25) is 0 Å². The van der Waals surface area contributed by atoms with Gasteiger partial charge in [0.05, 0.1) is 25.0 Å². The third kappa shape index (κ3) is 5.41. The first kappa shape index (κ1) is 16.2. The van der Waals surface area contributed by atoms with Gasteiger partial charge in [-0.2, -0.15) is 5.26 Å². The van der Waals surface area contributed by atoms with Crippen LogP contribution >= 0.6 is 0 Å². The Morgan fingerprint density at radius 2 is 2.00 bits per heavy atom. The van der Waals surface area contributed by atoms with Gasteiger partial charge in [0.25, 0.3) is 0 Å². The Hall–Kier alpha value is -1.86. The quantitative estimate of drug-likeness (QED) is 0.796. The van der Waals surface area contributed by atoms with Crippen LogP contribution in [0.3, 0.4) is 0 Å². The van der Waals surface area contributed by atoms with Crippen molar-refractivity contribution in [1.82, 2.24) is 5.32 Å². The van der Waals surface area contributed by atoms with E-state index in [9.17, 15) is 9.90 Å². The standard InChI is InChI=1S/C16H22N2O2/c1-12(2)15(19)8-10-18-16(20)11-14-6-4-3-5-13(14)7-9-17/h3-6,12,15,19H,7-8,10-11H2,1-2H3,(H,18,20). The molecule has 4 heteroatoms. The number of rotatable bonds is 7. The molecule has 0 radical (unpaired) electrons. The molecule has 0 aliphatic heterocycles. The van der Waals surface area contributed by atoms with Crippen LogP contribution in [0.5, 0.6) is 0 Å². The zero-order valence-electron chi connectivity index (χ0n) is 12.1. The molecular weight excluding hydrogens is 252 g/mol. The lowest BCUT2D eigenvalue weighted by molar-refractivity contribution is -0.120. The van der Waals surface area contributed by atoms with Crippen LogP contribution in [0.25, 0.3) is 0 Å². The molecule has 108 valence electrons. The van der Waals surface area contributed by atoms with Gasteiger partial charge < -0.3 is 10.4 Å². The van der Waals surface area contributed by atoms with Crippen LogP contribution < -0.4 is 5.32 Å². The van der Waals surface area contributed by atoms with E-state index in [1.54, 1.807) is 0 Å². The van der Waals surface area contributed by atoms with E-state index < -0.39 is 0 Å². The van der Waals surface area contributed by atoms with Gasteiger partial charge in [-0.1, -0.05) is 38.1 Å². The fourth-order valence-electron chi connectivity index (χ4n) is 1.92. The molecule has 0 heterocycles. The summed E-state index contributed by atoms with van der Waals surface area (Å²) in [7, 11) is 0. The molecule has 1 unspecified atom stereocenters. The van der Waals surface area contributed by atoms with E-state index >= 15 is 0 Å². The van der Waals surface area contributed by atoms with E-state index in [4.69, 9.17) is 5.26 Å². The maximum Gasteiger partial charge on any atom is 0.224 e. The predicted molar refractivity (Wildman–Crippen MR) is 77.9 cm³/mol. The molecule has 2 N–H and O–H groups in total. The SMILES string of the molecule is CC(C)C(O)CCNC(=O)Cc1ccccc1CC#N. The van der Waals surface area contributed by atoms with Crippen LogP contribution in [-0.4, -0.2) is 23.7 Å². The number of aliphatic hydroxyl groups is 1. The molecule has 1 aromatic rings. The Balaban J connectivity index is 2.45. The molecule has 0 saturated heterocycles. The van der Waals surface area contributed by atoms with E-state index in [-0.39, 0.29) is 24.3 Å². The fraction of sp³-hybridized carbons (Fsp3) is 0.500. The van der Waals surface area contributed by atoms with E-state index in [0.29, 0.717) is 19.4 Å². The van der Waals surface area contributed by atoms with Gasteiger partial charge in [-0.15, -0.1) is 0 Å². The maximum atomic E-state index is 11.8. The van der Waals surface area contributed by atoms with E-state index in [0.717, 1.165) is 11.1 Å². The summed E-state index contributed by atoms with van der Waals surface area (Å²) in [4.78, 5) is 11.8. The number of carbonyl (C=O) groups is 1. The average molecular weight is 274 g/mol. The van der Waals surface area contributed by atoms with Crippen LogP contribution in [0.4, 0.5) is 0 Å². The van der Waals surface area contributed by atoms with Crippen molar-refractivity contribution >= 4 is 5.91 Å². The fourth-order valence-corrected chi connectivity index (χ4v) is 1.92. The second kappa shape index (κ2) is 8.34. The van der Waals surface area contributed by atoms with Crippen molar-refractivity contribution in [2.75, 3.05) is 6.54 Å². The summed E-state index contributed by atoms with van der Waals surface area (Å²) in [6.07, 6.45) is 0.759. The smallest absolute Gasteiger partial charge is 0.224 e. The van der Waals surface area contributed by atoms with Crippen molar-refractivity contribution < 1.29 is 9.90 Å². The molecule has 0 aromatic heterocycles. The van der Waals surface area contributed by atoms with E-state index in [2.05, 4.69) is 11.4 Å². The minimum absolute atomic E-state index is 0.0775. The summed E-state index contributed by atoms with van der Waals surface area (Å²) in [6, 6.07) is 9.58. The summed E-state index contributed by atoms with van der Waals surface area (Å²) < 4.78 is 0. The monoisotopic (exact) mass is 274 g/mol. The summed E-state index contributed by atoms with van der Waals surface area (Å²) in [5.74, 6) is 0.120. The van der Waals surface area contributed by atoms with Crippen molar-refractivity contribution in [2.24, 2.45) is 5.92 Å². The van der Waals surface area contributed by atoms with Gasteiger partial charge in [0.2, 0.25) is 5.91 Å². The molecule has 1 atom stereocenters. The van der Waals surface area contributed by atoms with Crippen molar-refractivity contribution in [3.05, 3.63) is 35.4 Å². The molecule has 0 spiro atoms. The molecule has 0 aliphatic rings. The molecule has 1 rings (SSSR count). The minimum Gasteiger partial charge on any atom is -0.393 e. The molecule has 1 aromatic carbocycles. The van der Waals surface area contributed by atoms with Crippen molar-refractivity contribution in [3.63, 3.8) is 0 Å². The molecule has 20 heavy (non-hydrogen) atoms. The normalized spacial score (nSPS) is 11.9. The van der Waals surface area contributed by atoms with E-state index in [1.807, 2.05) is 38.1 Å². The molecule has 1 amide bonds. The zero-order chi connectivity index (χ0) is 15.0. The first-order valence-corrected chi connectivity index (χ1v) is 6.93. The molecular formula is C16H22N2O2. The third-order valence-electron chi connectivity index (χ3n) is 3.27. The second-order valence-electron chi connectivity index (χ2n) is 5.23. The Morgan fingerprint density at radius 1 is 1.35 bits per heavy atom. The zero-order valence-corrected chi connectivity index (χ0v) is 12.1. The first-order valence-electron chi connectivity index (χ1n) is 6.93.